The molecule has 3 rings (SSSR count). The van der Waals surface area contributed by atoms with E-state index in [0.717, 1.165) is 25.9 Å². The summed E-state index contributed by atoms with van der Waals surface area (Å²) in [6.07, 6.45) is 2.02. The van der Waals surface area contributed by atoms with E-state index in [2.05, 4.69) is 10.0 Å². The summed E-state index contributed by atoms with van der Waals surface area (Å²) in [6, 6.07) is 10.9. The van der Waals surface area contributed by atoms with Gasteiger partial charge in [-0.1, -0.05) is 6.07 Å². The number of carbonyl (C=O) groups excluding carboxylic acids is 2. The van der Waals surface area contributed by atoms with Gasteiger partial charge in [0.1, 0.15) is 0 Å². The van der Waals surface area contributed by atoms with Gasteiger partial charge < -0.3 is 15.0 Å². The van der Waals surface area contributed by atoms with Crippen LogP contribution in [-0.2, 0) is 14.8 Å². The van der Waals surface area contributed by atoms with Gasteiger partial charge in [-0.2, -0.15) is 0 Å². The molecule has 2 N–H and O–H groups in total. The molecule has 8 nitrogen and oxygen atoms in total. The quantitative estimate of drug-likeness (QED) is 0.607. The molecule has 0 atom stereocenters. The Kier molecular flexibility index (Phi) is 7.42. The largest absolute Gasteiger partial charge is 0.383 e. The lowest BCUT2D eigenvalue weighted by atomic mass is 10.0. The number of amides is 2. The van der Waals surface area contributed by atoms with Crippen molar-refractivity contribution in [2.45, 2.75) is 24.7 Å². The highest BCUT2D eigenvalue weighted by Crippen LogP contribution is 2.23. The number of hydrogen-bond donors (Lipinski definition) is 2. The Labute approximate surface area is 182 Å². The van der Waals surface area contributed by atoms with E-state index in [0.29, 0.717) is 22.4 Å². The normalized spacial score (nSPS) is 13.9. The van der Waals surface area contributed by atoms with Crippen molar-refractivity contribution in [1.82, 2.24) is 9.62 Å². The van der Waals surface area contributed by atoms with Gasteiger partial charge in [-0.3, -0.25) is 9.59 Å². The smallest absolute Gasteiger partial charge is 0.255 e. The van der Waals surface area contributed by atoms with Gasteiger partial charge in [0.05, 0.1) is 11.5 Å². The predicted molar refractivity (Wildman–Crippen MR) is 118 cm³/mol. The fraction of sp³-hybridized carbons (Fsp3) is 0.364. The highest BCUT2D eigenvalue weighted by Gasteiger charge is 2.22. The fourth-order valence-electron chi connectivity index (χ4n) is 3.43. The fourth-order valence-corrected chi connectivity index (χ4v) is 4.45. The second kappa shape index (κ2) is 10.0. The average Bonchev–Trinajstić information content (AvgIpc) is 3.30. The number of ether oxygens (including phenoxy) is 1. The second-order valence-corrected chi connectivity index (χ2v) is 9.11. The molecule has 2 aromatic rings. The first kappa shape index (κ1) is 22.9. The van der Waals surface area contributed by atoms with Crippen molar-refractivity contribution in [3.8, 4) is 0 Å². The molecule has 0 radical (unpaired) electrons. The Morgan fingerprint density at radius 2 is 1.74 bits per heavy atom. The number of hydrogen-bond acceptors (Lipinski definition) is 5. The summed E-state index contributed by atoms with van der Waals surface area (Å²) in [6.45, 7) is 3.74. The molecule has 1 heterocycles. The lowest BCUT2D eigenvalue weighted by molar-refractivity contribution is 0.0791. The molecule has 166 valence electrons. The first-order chi connectivity index (χ1) is 14.8. The van der Waals surface area contributed by atoms with Crippen molar-refractivity contribution in [1.29, 1.82) is 0 Å². The van der Waals surface area contributed by atoms with Gasteiger partial charge in [0.15, 0.2) is 0 Å². The molecule has 1 aliphatic rings. The van der Waals surface area contributed by atoms with Crippen LogP contribution in [0, 0.1) is 6.92 Å². The van der Waals surface area contributed by atoms with E-state index in [4.69, 9.17) is 4.74 Å². The zero-order chi connectivity index (χ0) is 22.4. The lowest BCUT2D eigenvalue weighted by Crippen LogP contribution is -2.28. The third kappa shape index (κ3) is 5.49. The van der Waals surface area contributed by atoms with Crippen LogP contribution in [0.1, 0.15) is 39.1 Å². The standard InChI is InChI=1S/C22H27N3O5S/c1-16-19(22(27)25-13-3-4-14-25)6-5-7-20(16)24-21(26)17-8-10-18(11-9-17)31(28,29)23-12-15-30-2/h5-11,23H,3-4,12-15H2,1-2H3,(H,24,26). The van der Waals surface area contributed by atoms with Gasteiger partial charge in [0, 0.05) is 43.6 Å². The molecule has 0 spiro atoms. The molecule has 9 heteroatoms. The highest BCUT2D eigenvalue weighted by molar-refractivity contribution is 7.89. The van der Waals surface area contributed by atoms with Crippen molar-refractivity contribution in [2.24, 2.45) is 0 Å². The molecule has 0 saturated carbocycles. The monoisotopic (exact) mass is 445 g/mol. The van der Waals surface area contributed by atoms with Crippen LogP contribution in [0.2, 0.25) is 0 Å². The average molecular weight is 446 g/mol. The maximum absolute atomic E-state index is 12.7. The first-order valence-corrected chi connectivity index (χ1v) is 11.6. The van der Waals surface area contributed by atoms with Crippen LogP contribution in [0.15, 0.2) is 47.4 Å². The van der Waals surface area contributed by atoms with Crippen molar-refractivity contribution in [3.05, 3.63) is 59.2 Å². The summed E-state index contributed by atoms with van der Waals surface area (Å²) < 4.78 is 31.7. The molecule has 0 unspecified atom stereocenters. The van der Waals surface area contributed by atoms with E-state index in [1.807, 2.05) is 4.90 Å². The second-order valence-electron chi connectivity index (χ2n) is 7.35. The van der Waals surface area contributed by atoms with Gasteiger partial charge in [-0.25, -0.2) is 13.1 Å². The number of sulfonamides is 1. The van der Waals surface area contributed by atoms with Crippen LogP contribution < -0.4 is 10.0 Å². The molecule has 0 aliphatic carbocycles. The third-order valence-corrected chi connectivity index (χ3v) is 6.71. The Morgan fingerprint density at radius 3 is 2.39 bits per heavy atom. The number of methoxy groups -OCH3 is 1. The van der Waals surface area contributed by atoms with Crippen LogP contribution in [0.3, 0.4) is 0 Å². The van der Waals surface area contributed by atoms with E-state index in [1.54, 1.807) is 25.1 Å². The summed E-state index contributed by atoms with van der Waals surface area (Å²) in [5, 5.41) is 2.82. The van der Waals surface area contributed by atoms with E-state index >= 15 is 0 Å². The molecule has 2 aromatic carbocycles. The summed E-state index contributed by atoms with van der Waals surface area (Å²) in [4.78, 5) is 27.3. The highest BCUT2D eigenvalue weighted by atomic mass is 32.2. The van der Waals surface area contributed by atoms with E-state index in [9.17, 15) is 18.0 Å². The number of nitrogens with zero attached hydrogens (tertiary/aromatic N) is 1. The molecule has 0 aromatic heterocycles. The number of carbonyl (C=O) groups is 2. The maximum Gasteiger partial charge on any atom is 0.255 e. The Morgan fingerprint density at radius 1 is 1.06 bits per heavy atom. The molecule has 1 fully saturated rings. The third-order valence-electron chi connectivity index (χ3n) is 5.23. The number of anilines is 1. The van der Waals surface area contributed by atoms with Gasteiger partial charge in [-0.15, -0.1) is 0 Å². The zero-order valence-corrected chi connectivity index (χ0v) is 18.5. The molecule has 1 aliphatic heterocycles. The molecular formula is C22H27N3O5S. The van der Waals surface area contributed by atoms with Crippen LogP contribution in [-0.4, -0.2) is 58.5 Å². The molecular weight excluding hydrogens is 418 g/mol. The lowest BCUT2D eigenvalue weighted by Gasteiger charge is -2.18. The molecule has 2 amide bonds. The Balaban J connectivity index is 1.72. The van der Waals surface area contributed by atoms with E-state index in [-0.39, 0.29) is 29.9 Å². The Hall–Kier alpha value is -2.75. The van der Waals surface area contributed by atoms with Crippen LogP contribution in [0.25, 0.3) is 0 Å². The molecule has 0 bridgehead atoms. The minimum atomic E-state index is -3.67. The minimum absolute atomic E-state index is 0.0263. The number of nitrogens with one attached hydrogen (secondary N) is 2. The van der Waals surface area contributed by atoms with Crippen molar-refractivity contribution >= 4 is 27.5 Å². The van der Waals surface area contributed by atoms with Gasteiger partial charge in [0.2, 0.25) is 10.0 Å². The van der Waals surface area contributed by atoms with Crippen molar-refractivity contribution < 1.29 is 22.7 Å². The van der Waals surface area contributed by atoms with Crippen LogP contribution in [0.5, 0.6) is 0 Å². The molecule has 31 heavy (non-hydrogen) atoms. The minimum Gasteiger partial charge on any atom is -0.383 e. The van der Waals surface area contributed by atoms with Gasteiger partial charge in [0.25, 0.3) is 11.8 Å². The topological polar surface area (TPSA) is 105 Å². The summed E-state index contributed by atoms with van der Waals surface area (Å²) in [5.74, 6) is -0.410. The van der Waals surface area contributed by atoms with E-state index < -0.39 is 10.0 Å². The van der Waals surface area contributed by atoms with Crippen molar-refractivity contribution in [2.75, 3.05) is 38.7 Å². The number of benzene rings is 2. The maximum atomic E-state index is 12.7. The van der Waals surface area contributed by atoms with Gasteiger partial charge in [-0.05, 0) is 61.7 Å². The summed E-state index contributed by atoms with van der Waals surface area (Å²) in [7, 11) is -2.18. The van der Waals surface area contributed by atoms with Crippen molar-refractivity contribution in [3.63, 3.8) is 0 Å². The first-order valence-electron chi connectivity index (χ1n) is 10.1. The molecule has 1 saturated heterocycles. The van der Waals surface area contributed by atoms with Crippen LogP contribution >= 0.6 is 0 Å². The summed E-state index contributed by atoms with van der Waals surface area (Å²) >= 11 is 0. The SMILES string of the molecule is COCCNS(=O)(=O)c1ccc(C(=O)Nc2cccc(C(=O)N3CCCC3)c2C)cc1. The Bertz CT molecular complexity index is 1050. The number of rotatable bonds is 8. The van der Waals surface area contributed by atoms with Crippen LogP contribution in [0.4, 0.5) is 5.69 Å². The summed E-state index contributed by atoms with van der Waals surface area (Å²) in [5.41, 5.74) is 2.14. The van der Waals surface area contributed by atoms with E-state index in [1.165, 1.54) is 31.4 Å². The van der Waals surface area contributed by atoms with Gasteiger partial charge >= 0.3 is 0 Å². The zero-order valence-electron chi connectivity index (χ0n) is 17.7. The predicted octanol–water partition coefficient (Wildman–Crippen LogP) is 2.41. The number of likely N-dealkylation sites (tertiary alicyclic amines) is 1.